The Bertz CT molecular complexity index is 395. The predicted molar refractivity (Wildman–Crippen MR) is 82.0 cm³/mol. The summed E-state index contributed by atoms with van der Waals surface area (Å²) in [6, 6.07) is 4.01. The molecule has 1 rings (SSSR count). The summed E-state index contributed by atoms with van der Waals surface area (Å²) in [5, 5.41) is 3.54. The molecule has 0 spiro atoms. The monoisotopic (exact) mass is 281 g/mol. The zero-order chi connectivity index (χ0) is 15.1. The molecule has 2 atom stereocenters. The van der Waals surface area contributed by atoms with E-state index in [1.807, 2.05) is 12.1 Å². The predicted octanol–water partition coefficient (Wildman–Crippen LogP) is 3.41. The Morgan fingerprint density at radius 1 is 1.00 bits per heavy atom. The molecule has 0 heterocycles. The van der Waals surface area contributed by atoms with E-state index in [-0.39, 0.29) is 6.04 Å². The van der Waals surface area contributed by atoms with E-state index in [0.29, 0.717) is 5.92 Å². The van der Waals surface area contributed by atoms with E-state index >= 15 is 0 Å². The van der Waals surface area contributed by atoms with Crippen molar-refractivity contribution in [2.45, 2.75) is 33.2 Å². The van der Waals surface area contributed by atoms with Crippen LogP contribution in [0.15, 0.2) is 12.1 Å². The van der Waals surface area contributed by atoms with Crippen molar-refractivity contribution < 1.29 is 14.2 Å². The standard InChI is InChI=1S/C16H27NO3/c1-7-11(3)16(17-8-2)15-13(19-5)9-12(18-4)10-14(15)20-6/h9-11,16-17H,7-8H2,1-6H3. The summed E-state index contributed by atoms with van der Waals surface area (Å²) >= 11 is 0. The molecule has 0 bridgehead atoms. The number of ether oxygens (including phenoxy) is 3. The maximum absolute atomic E-state index is 5.55. The lowest BCUT2D eigenvalue weighted by atomic mass is 9.91. The van der Waals surface area contributed by atoms with Crippen molar-refractivity contribution in [2.75, 3.05) is 27.9 Å². The smallest absolute Gasteiger partial charge is 0.131 e. The molecule has 1 N–H and O–H groups in total. The van der Waals surface area contributed by atoms with Crippen LogP contribution < -0.4 is 19.5 Å². The first-order chi connectivity index (χ1) is 9.62. The maximum Gasteiger partial charge on any atom is 0.131 e. The second kappa shape index (κ2) is 8.00. The van der Waals surface area contributed by atoms with Gasteiger partial charge in [-0.25, -0.2) is 0 Å². The molecule has 0 radical (unpaired) electrons. The fourth-order valence-electron chi connectivity index (χ4n) is 2.38. The van der Waals surface area contributed by atoms with Crippen LogP contribution in [-0.2, 0) is 0 Å². The van der Waals surface area contributed by atoms with Crippen LogP contribution in [-0.4, -0.2) is 27.9 Å². The highest BCUT2D eigenvalue weighted by atomic mass is 16.5. The molecule has 0 saturated heterocycles. The van der Waals surface area contributed by atoms with Gasteiger partial charge in [0, 0.05) is 18.2 Å². The highest BCUT2D eigenvalue weighted by Gasteiger charge is 2.25. The summed E-state index contributed by atoms with van der Waals surface area (Å²) in [6.07, 6.45) is 1.08. The van der Waals surface area contributed by atoms with E-state index in [9.17, 15) is 0 Å². The third kappa shape index (κ3) is 3.57. The first-order valence-electron chi connectivity index (χ1n) is 7.16. The van der Waals surface area contributed by atoms with Crippen molar-refractivity contribution >= 4 is 0 Å². The fraction of sp³-hybridized carbons (Fsp3) is 0.625. The molecule has 2 unspecified atom stereocenters. The Balaban J connectivity index is 3.37. The second-order valence-electron chi connectivity index (χ2n) is 4.87. The molecule has 0 aliphatic carbocycles. The van der Waals surface area contributed by atoms with E-state index in [1.54, 1.807) is 21.3 Å². The topological polar surface area (TPSA) is 39.7 Å². The third-order valence-corrected chi connectivity index (χ3v) is 3.70. The Morgan fingerprint density at radius 2 is 1.55 bits per heavy atom. The molecular weight excluding hydrogens is 254 g/mol. The van der Waals surface area contributed by atoms with Gasteiger partial charge in [0.25, 0.3) is 0 Å². The van der Waals surface area contributed by atoms with Gasteiger partial charge in [-0.05, 0) is 12.5 Å². The Kier molecular flexibility index (Phi) is 6.65. The second-order valence-corrected chi connectivity index (χ2v) is 4.87. The summed E-state index contributed by atoms with van der Waals surface area (Å²) in [5.74, 6) is 2.81. The Morgan fingerprint density at radius 3 is 1.90 bits per heavy atom. The third-order valence-electron chi connectivity index (χ3n) is 3.70. The Labute approximate surface area is 122 Å². The lowest BCUT2D eigenvalue weighted by Crippen LogP contribution is -2.27. The van der Waals surface area contributed by atoms with Gasteiger partial charge in [-0.3, -0.25) is 0 Å². The van der Waals surface area contributed by atoms with E-state index in [0.717, 1.165) is 35.8 Å². The summed E-state index contributed by atoms with van der Waals surface area (Å²) in [5.41, 5.74) is 1.06. The number of nitrogens with one attached hydrogen (secondary N) is 1. The van der Waals surface area contributed by atoms with Gasteiger partial charge in [0.1, 0.15) is 17.2 Å². The van der Waals surface area contributed by atoms with Crippen LogP contribution in [0.5, 0.6) is 17.2 Å². The molecule has 0 aliphatic rings. The molecule has 4 nitrogen and oxygen atoms in total. The van der Waals surface area contributed by atoms with Crippen molar-refractivity contribution in [1.29, 1.82) is 0 Å². The minimum atomic E-state index is 0.195. The average molecular weight is 281 g/mol. The SMILES string of the molecule is CCNC(c1c(OC)cc(OC)cc1OC)C(C)CC. The number of methoxy groups -OCH3 is 3. The first-order valence-corrected chi connectivity index (χ1v) is 7.16. The molecule has 0 fully saturated rings. The van der Waals surface area contributed by atoms with Crippen molar-refractivity contribution in [3.63, 3.8) is 0 Å². The van der Waals surface area contributed by atoms with Crippen LogP contribution in [0.2, 0.25) is 0 Å². The number of hydrogen-bond donors (Lipinski definition) is 1. The van der Waals surface area contributed by atoms with Gasteiger partial charge in [-0.1, -0.05) is 27.2 Å². The minimum absolute atomic E-state index is 0.195. The van der Waals surface area contributed by atoms with Crippen molar-refractivity contribution in [1.82, 2.24) is 5.32 Å². The van der Waals surface area contributed by atoms with Gasteiger partial charge in [-0.2, -0.15) is 0 Å². The van der Waals surface area contributed by atoms with E-state index < -0.39 is 0 Å². The van der Waals surface area contributed by atoms with Crippen molar-refractivity contribution in [3.05, 3.63) is 17.7 Å². The van der Waals surface area contributed by atoms with E-state index in [4.69, 9.17) is 14.2 Å². The van der Waals surface area contributed by atoms with Crippen molar-refractivity contribution in [2.24, 2.45) is 5.92 Å². The quantitative estimate of drug-likeness (QED) is 0.792. The fourth-order valence-corrected chi connectivity index (χ4v) is 2.38. The number of hydrogen-bond acceptors (Lipinski definition) is 4. The van der Waals surface area contributed by atoms with Gasteiger partial charge in [-0.15, -0.1) is 0 Å². The summed E-state index contributed by atoms with van der Waals surface area (Å²) in [4.78, 5) is 0. The zero-order valence-electron chi connectivity index (χ0n) is 13.4. The molecule has 0 aliphatic heterocycles. The van der Waals surface area contributed by atoms with Crippen LogP contribution in [0.1, 0.15) is 38.8 Å². The maximum atomic E-state index is 5.55. The van der Waals surface area contributed by atoms with Gasteiger partial charge >= 0.3 is 0 Å². The molecule has 114 valence electrons. The lowest BCUT2D eigenvalue weighted by Gasteiger charge is -2.28. The molecule has 0 amide bonds. The van der Waals surface area contributed by atoms with Gasteiger partial charge in [0.2, 0.25) is 0 Å². The highest BCUT2D eigenvalue weighted by Crippen LogP contribution is 2.41. The van der Waals surface area contributed by atoms with E-state index in [1.165, 1.54) is 0 Å². The minimum Gasteiger partial charge on any atom is -0.496 e. The number of rotatable bonds is 8. The van der Waals surface area contributed by atoms with Gasteiger partial charge < -0.3 is 19.5 Å². The lowest BCUT2D eigenvalue weighted by molar-refractivity contribution is 0.327. The molecule has 20 heavy (non-hydrogen) atoms. The van der Waals surface area contributed by atoms with Crippen LogP contribution >= 0.6 is 0 Å². The molecule has 0 saturated carbocycles. The van der Waals surface area contributed by atoms with Crippen LogP contribution in [0.25, 0.3) is 0 Å². The highest BCUT2D eigenvalue weighted by molar-refractivity contribution is 5.52. The molecular formula is C16H27NO3. The average Bonchev–Trinajstić information content (AvgIpc) is 2.50. The van der Waals surface area contributed by atoms with Gasteiger partial charge in [0.05, 0.1) is 26.9 Å². The van der Waals surface area contributed by atoms with Crippen LogP contribution in [0.4, 0.5) is 0 Å². The van der Waals surface area contributed by atoms with Crippen LogP contribution in [0.3, 0.4) is 0 Å². The summed E-state index contributed by atoms with van der Waals surface area (Å²) in [6.45, 7) is 7.43. The largest absolute Gasteiger partial charge is 0.496 e. The zero-order valence-corrected chi connectivity index (χ0v) is 13.4. The number of benzene rings is 1. The normalized spacial score (nSPS) is 13.7. The van der Waals surface area contributed by atoms with Crippen molar-refractivity contribution in [3.8, 4) is 17.2 Å². The molecule has 0 aromatic heterocycles. The molecule has 1 aromatic rings. The summed E-state index contributed by atoms with van der Waals surface area (Å²) < 4.78 is 16.4. The Hall–Kier alpha value is -1.42. The first kappa shape index (κ1) is 16.6. The molecule has 4 heteroatoms. The van der Waals surface area contributed by atoms with E-state index in [2.05, 4.69) is 26.1 Å². The van der Waals surface area contributed by atoms with Gasteiger partial charge in [0.15, 0.2) is 0 Å². The molecule has 1 aromatic carbocycles. The summed E-state index contributed by atoms with van der Waals surface area (Å²) in [7, 11) is 5.00. The van der Waals surface area contributed by atoms with Crippen LogP contribution in [0, 0.1) is 5.92 Å².